The number of nitrogens with zero attached hydrogens (tertiary/aromatic N) is 1. The third-order valence-corrected chi connectivity index (χ3v) is 4.08. The van der Waals surface area contributed by atoms with Crippen LogP contribution in [-0.4, -0.2) is 32.1 Å². The van der Waals surface area contributed by atoms with Gasteiger partial charge in [0.2, 0.25) is 0 Å². The Morgan fingerprint density at radius 2 is 1.90 bits per heavy atom. The van der Waals surface area contributed by atoms with Gasteiger partial charge >= 0.3 is 0 Å². The van der Waals surface area contributed by atoms with Gasteiger partial charge in [-0.2, -0.15) is 0 Å². The largest absolute Gasteiger partial charge is 0.378 e. The summed E-state index contributed by atoms with van der Waals surface area (Å²) in [5.74, 6) is 0.579. The highest BCUT2D eigenvalue weighted by Crippen LogP contribution is 2.21. The summed E-state index contributed by atoms with van der Waals surface area (Å²) < 4.78 is 5.36. The van der Waals surface area contributed by atoms with Crippen molar-refractivity contribution >= 4 is 11.5 Å². The molecule has 1 aromatic carbocycles. The van der Waals surface area contributed by atoms with Crippen molar-refractivity contribution in [1.29, 1.82) is 0 Å². The van der Waals surface area contributed by atoms with Crippen LogP contribution in [-0.2, 0) is 4.74 Å². The van der Waals surface area contributed by atoms with Crippen molar-refractivity contribution in [2.45, 2.75) is 12.8 Å². The highest BCUT2D eigenvalue weighted by molar-refractivity contribution is 5.96. The van der Waals surface area contributed by atoms with E-state index in [1.165, 1.54) is 5.69 Å². The Morgan fingerprint density at radius 3 is 2.57 bits per heavy atom. The second kappa shape index (κ2) is 6.72. The molecule has 0 aromatic heterocycles. The Bertz CT molecular complexity index is 539. The molecule has 1 atom stereocenters. The molecule has 0 saturated carbocycles. The molecule has 0 radical (unpaired) electrons. The van der Waals surface area contributed by atoms with Gasteiger partial charge < -0.3 is 9.64 Å². The van der Waals surface area contributed by atoms with E-state index in [4.69, 9.17) is 4.74 Å². The van der Waals surface area contributed by atoms with Crippen molar-refractivity contribution < 1.29 is 9.53 Å². The molecular weight excluding hydrogens is 262 g/mol. The van der Waals surface area contributed by atoms with Gasteiger partial charge in [0.05, 0.1) is 13.2 Å². The quantitative estimate of drug-likeness (QED) is 0.795. The molecule has 3 rings (SSSR count). The first-order chi connectivity index (χ1) is 10.3. The molecule has 0 unspecified atom stereocenters. The highest BCUT2D eigenvalue weighted by atomic mass is 16.5. The number of hydrogen-bond donors (Lipinski definition) is 0. The molecule has 110 valence electrons. The SMILES string of the molecule is O=C(C[C@H]1C=CC=CC1)c1ccc(N2CCOCC2)cc1. The molecule has 0 amide bonds. The number of Topliss-reactive ketones (excluding diaryl/α,β-unsaturated/α-hetero) is 1. The first-order valence-electron chi connectivity index (χ1n) is 7.62. The van der Waals surface area contributed by atoms with Crippen molar-refractivity contribution in [2.75, 3.05) is 31.2 Å². The lowest BCUT2D eigenvalue weighted by molar-refractivity contribution is 0.0969. The van der Waals surface area contributed by atoms with Crippen LogP contribution in [0.5, 0.6) is 0 Å². The number of rotatable bonds is 4. The van der Waals surface area contributed by atoms with Gasteiger partial charge in [0.15, 0.2) is 5.78 Å². The first-order valence-corrected chi connectivity index (χ1v) is 7.62. The van der Waals surface area contributed by atoms with E-state index in [1.807, 2.05) is 24.3 Å². The maximum Gasteiger partial charge on any atom is 0.163 e. The molecule has 1 heterocycles. The molecule has 21 heavy (non-hydrogen) atoms. The fourth-order valence-electron chi connectivity index (χ4n) is 2.82. The minimum atomic E-state index is 0.230. The van der Waals surface area contributed by atoms with Crippen LogP contribution in [0.2, 0.25) is 0 Å². The minimum Gasteiger partial charge on any atom is -0.378 e. The number of ketones is 1. The lowest BCUT2D eigenvalue weighted by atomic mass is 9.93. The van der Waals surface area contributed by atoms with E-state index in [0.717, 1.165) is 38.3 Å². The van der Waals surface area contributed by atoms with Crippen molar-refractivity contribution in [1.82, 2.24) is 0 Å². The van der Waals surface area contributed by atoms with E-state index in [1.54, 1.807) is 0 Å². The van der Waals surface area contributed by atoms with Crippen LogP contribution in [0, 0.1) is 5.92 Å². The smallest absolute Gasteiger partial charge is 0.163 e. The Kier molecular flexibility index (Phi) is 4.51. The summed E-state index contributed by atoms with van der Waals surface area (Å²) >= 11 is 0. The summed E-state index contributed by atoms with van der Waals surface area (Å²) in [6, 6.07) is 8.01. The van der Waals surface area contributed by atoms with Crippen LogP contribution in [0.3, 0.4) is 0 Å². The zero-order valence-electron chi connectivity index (χ0n) is 12.2. The van der Waals surface area contributed by atoms with Gasteiger partial charge in [0.25, 0.3) is 0 Å². The van der Waals surface area contributed by atoms with E-state index in [9.17, 15) is 4.79 Å². The van der Waals surface area contributed by atoms with Crippen molar-refractivity contribution in [3.8, 4) is 0 Å². The summed E-state index contributed by atoms with van der Waals surface area (Å²) in [6.45, 7) is 3.41. The lowest BCUT2D eigenvalue weighted by Crippen LogP contribution is -2.36. The maximum absolute atomic E-state index is 12.3. The normalized spacial score (nSPS) is 21.5. The second-order valence-electron chi connectivity index (χ2n) is 5.58. The molecule has 1 fully saturated rings. The molecule has 0 N–H and O–H groups in total. The number of allylic oxidation sites excluding steroid dienone is 4. The average Bonchev–Trinajstić information content (AvgIpc) is 2.57. The average molecular weight is 283 g/mol. The number of carbonyl (C=O) groups is 1. The van der Waals surface area contributed by atoms with E-state index in [-0.39, 0.29) is 5.78 Å². The van der Waals surface area contributed by atoms with Gasteiger partial charge in [-0.05, 0) is 36.6 Å². The second-order valence-corrected chi connectivity index (χ2v) is 5.58. The monoisotopic (exact) mass is 283 g/mol. The number of morpholine rings is 1. The summed E-state index contributed by atoms with van der Waals surface area (Å²) in [7, 11) is 0. The van der Waals surface area contributed by atoms with Gasteiger partial charge in [-0.1, -0.05) is 24.3 Å². The molecule has 3 heteroatoms. The van der Waals surface area contributed by atoms with E-state index in [0.29, 0.717) is 12.3 Å². The number of hydrogen-bond acceptors (Lipinski definition) is 3. The fraction of sp³-hybridized carbons (Fsp3) is 0.389. The molecular formula is C18H21NO2. The summed E-state index contributed by atoms with van der Waals surface area (Å²) in [6.07, 6.45) is 9.88. The fourth-order valence-corrected chi connectivity index (χ4v) is 2.82. The maximum atomic E-state index is 12.3. The van der Waals surface area contributed by atoms with Crippen molar-refractivity contribution in [3.63, 3.8) is 0 Å². The zero-order chi connectivity index (χ0) is 14.5. The molecule has 0 spiro atoms. The van der Waals surface area contributed by atoms with Crippen LogP contribution < -0.4 is 4.90 Å². The molecule has 1 aliphatic heterocycles. The number of benzene rings is 1. The topological polar surface area (TPSA) is 29.5 Å². The third-order valence-electron chi connectivity index (χ3n) is 4.08. The molecule has 3 nitrogen and oxygen atoms in total. The predicted molar refractivity (Wildman–Crippen MR) is 84.8 cm³/mol. The lowest BCUT2D eigenvalue weighted by Gasteiger charge is -2.28. The van der Waals surface area contributed by atoms with E-state index < -0.39 is 0 Å². The Labute approximate surface area is 125 Å². The molecule has 1 saturated heterocycles. The summed E-state index contributed by atoms with van der Waals surface area (Å²) in [5, 5.41) is 0. The Morgan fingerprint density at radius 1 is 1.14 bits per heavy atom. The van der Waals surface area contributed by atoms with E-state index >= 15 is 0 Å². The van der Waals surface area contributed by atoms with Crippen LogP contribution in [0.25, 0.3) is 0 Å². The van der Waals surface area contributed by atoms with Gasteiger partial charge in [0.1, 0.15) is 0 Å². The first kappa shape index (κ1) is 14.1. The van der Waals surface area contributed by atoms with Crippen molar-refractivity contribution in [3.05, 3.63) is 54.1 Å². The summed E-state index contributed by atoms with van der Waals surface area (Å²) in [4.78, 5) is 14.6. The van der Waals surface area contributed by atoms with Crippen LogP contribution in [0.15, 0.2) is 48.6 Å². The van der Waals surface area contributed by atoms with Gasteiger partial charge in [-0.15, -0.1) is 0 Å². The van der Waals surface area contributed by atoms with Gasteiger partial charge in [-0.25, -0.2) is 0 Å². The molecule has 0 bridgehead atoms. The van der Waals surface area contributed by atoms with E-state index in [2.05, 4.69) is 29.2 Å². The number of carbonyl (C=O) groups excluding carboxylic acids is 1. The molecule has 2 aliphatic rings. The number of anilines is 1. The van der Waals surface area contributed by atoms with Crippen molar-refractivity contribution in [2.24, 2.45) is 5.92 Å². The minimum absolute atomic E-state index is 0.230. The highest BCUT2D eigenvalue weighted by Gasteiger charge is 2.15. The summed E-state index contributed by atoms with van der Waals surface area (Å²) in [5.41, 5.74) is 1.99. The zero-order valence-corrected chi connectivity index (χ0v) is 12.2. The molecule has 1 aliphatic carbocycles. The Balaban J connectivity index is 1.61. The van der Waals surface area contributed by atoms with Gasteiger partial charge in [0, 0.05) is 30.8 Å². The Hall–Kier alpha value is -1.87. The van der Waals surface area contributed by atoms with Crippen LogP contribution in [0.4, 0.5) is 5.69 Å². The molecule has 1 aromatic rings. The van der Waals surface area contributed by atoms with Crippen LogP contribution >= 0.6 is 0 Å². The van der Waals surface area contributed by atoms with Crippen LogP contribution in [0.1, 0.15) is 23.2 Å². The number of ether oxygens (including phenoxy) is 1. The predicted octanol–water partition coefficient (Wildman–Crippen LogP) is 3.23. The van der Waals surface area contributed by atoms with Gasteiger partial charge in [-0.3, -0.25) is 4.79 Å². The standard InChI is InChI=1S/C18H21NO2/c20-18(14-15-4-2-1-3-5-15)16-6-8-17(9-7-16)19-10-12-21-13-11-19/h1-4,6-9,15H,5,10-14H2/t15-/m0/s1. The third kappa shape index (κ3) is 3.61.